The van der Waals surface area contributed by atoms with Crippen molar-refractivity contribution in [2.24, 2.45) is 11.8 Å². The van der Waals surface area contributed by atoms with Crippen molar-refractivity contribution in [3.63, 3.8) is 0 Å². The Labute approximate surface area is 291 Å². The standard InChI is InChI=1S/C19H21ClO.C16H28O.C4H8.2C2H6/c1-5-7-15-11-16(18(21)10-13(3)14(15)4)19-12(2)8-6-9-17(19)20;1-6-9-16(10-7-2)13-17-15(5)12-11-14(4)8-3;1-4(2)3;2*1-2/h6-9,11,13H,4-5,10H2,1-3H3;8,11-12,16H,5-7,9-10,13H2,1-4H3;1H2,2-3H3;2*1-2H3/b15-7-;12-11-,14-8-;;;. The Bertz CT molecular complexity index is 1130. The number of rotatable bonds is 11. The highest BCUT2D eigenvalue weighted by atomic mass is 35.5. The number of carbonyl (C=O) groups is 1. The van der Waals surface area contributed by atoms with E-state index in [0.717, 1.165) is 41.1 Å². The van der Waals surface area contributed by atoms with Crippen LogP contribution >= 0.6 is 11.6 Å². The first-order valence-corrected chi connectivity index (χ1v) is 17.8. The number of benzene rings is 1. The number of Topliss-reactive ketones (excluding diaryl/α,β-unsaturated/α-hetero) is 1. The van der Waals surface area contributed by atoms with Crippen LogP contribution in [0.5, 0.6) is 0 Å². The van der Waals surface area contributed by atoms with Crippen LogP contribution in [0.1, 0.15) is 133 Å². The molecule has 260 valence electrons. The molecule has 0 bridgehead atoms. The van der Waals surface area contributed by atoms with Gasteiger partial charge in [-0.2, -0.15) is 0 Å². The second-order valence-electron chi connectivity index (χ2n) is 11.4. The molecule has 2 rings (SSSR count). The van der Waals surface area contributed by atoms with Gasteiger partial charge in [0.25, 0.3) is 0 Å². The molecule has 0 saturated carbocycles. The van der Waals surface area contributed by atoms with Gasteiger partial charge in [0, 0.05) is 22.6 Å². The maximum Gasteiger partial charge on any atom is 0.164 e. The molecule has 1 aliphatic rings. The second kappa shape index (κ2) is 29.6. The van der Waals surface area contributed by atoms with Crippen LogP contribution in [-0.4, -0.2) is 12.4 Å². The molecule has 0 N–H and O–H groups in total. The van der Waals surface area contributed by atoms with Crippen molar-refractivity contribution < 1.29 is 9.53 Å². The lowest BCUT2D eigenvalue weighted by molar-refractivity contribution is -0.114. The summed E-state index contributed by atoms with van der Waals surface area (Å²) < 4.78 is 5.70. The molecule has 0 aromatic heterocycles. The van der Waals surface area contributed by atoms with Crippen LogP contribution in [0.15, 0.2) is 96.4 Å². The van der Waals surface area contributed by atoms with E-state index in [0.29, 0.717) is 22.9 Å². The number of allylic oxidation sites excluding steroid dienone is 10. The molecule has 46 heavy (non-hydrogen) atoms. The van der Waals surface area contributed by atoms with Gasteiger partial charge in [-0.15, -0.1) is 6.58 Å². The molecule has 0 fully saturated rings. The molecular formula is C43H69ClO2. The van der Waals surface area contributed by atoms with Crippen LogP contribution in [-0.2, 0) is 9.53 Å². The fraction of sp³-hybridized carbons (Fsp3) is 0.512. The van der Waals surface area contributed by atoms with Gasteiger partial charge in [0.15, 0.2) is 5.78 Å². The highest BCUT2D eigenvalue weighted by Gasteiger charge is 2.25. The van der Waals surface area contributed by atoms with Crippen molar-refractivity contribution in [3.05, 3.63) is 113 Å². The fourth-order valence-corrected chi connectivity index (χ4v) is 4.76. The Hall–Kier alpha value is -2.84. The summed E-state index contributed by atoms with van der Waals surface area (Å²) in [5.41, 5.74) is 7.08. The summed E-state index contributed by atoms with van der Waals surface area (Å²) in [6, 6.07) is 5.74. The molecule has 1 unspecified atom stereocenters. The highest BCUT2D eigenvalue weighted by Crippen LogP contribution is 2.36. The molecule has 1 aromatic carbocycles. The van der Waals surface area contributed by atoms with E-state index >= 15 is 0 Å². The number of hydrogen-bond acceptors (Lipinski definition) is 2. The summed E-state index contributed by atoms with van der Waals surface area (Å²) in [4.78, 5) is 12.6. The summed E-state index contributed by atoms with van der Waals surface area (Å²) in [5.74, 6) is 1.74. The minimum absolute atomic E-state index is 0.138. The number of aryl methyl sites for hydroxylation is 1. The van der Waals surface area contributed by atoms with Crippen LogP contribution in [0.2, 0.25) is 5.02 Å². The van der Waals surface area contributed by atoms with Crippen LogP contribution in [0.3, 0.4) is 0 Å². The molecule has 0 heterocycles. The molecular weight excluding hydrogens is 584 g/mol. The third kappa shape index (κ3) is 21.0. The number of ether oxygens (including phenoxy) is 1. The Kier molecular flexibility index (Phi) is 30.6. The average molecular weight is 653 g/mol. The van der Waals surface area contributed by atoms with Crippen molar-refractivity contribution in [3.8, 4) is 0 Å². The van der Waals surface area contributed by atoms with E-state index < -0.39 is 0 Å². The maximum atomic E-state index is 12.6. The van der Waals surface area contributed by atoms with Gasteiger partial charge >= 0.3 is 0 Å². The quantitative estimate of drug-likeness (QED) is 0.135. The lowest BCUT2D eigenvalue weighted by Crippen LogP contribution is -2.08. The molecule has 1 atom stereocenters. The Morgan fingerprint density at radius 3 is 2.02 bits per heavy atom. The van der Waals surface area contributed by atoms with Gasteiger partial charge in [-0.3, -0.25) is 4.79 Å². The number of ketones is 1. The van der Waals surface area contributed by atoms with Gasteiger partial charge in [-0.25, -0.2) is 0 Å². The molecule has 0 radical (unpaired) electrons. The SMILES string of the molecule is C=C(/C=C\C(C)=C/C)OCC(CCC)CCC.C=C(C)C.C=C1/C(=C\CC)C=C(c2c(C)cccc2Cl)C(=O)CC1C.CC.CC. The van der Waals surface area contributed by atoms with Gasteiger partial charge in [0.1, 0.15) is 5.76 Å². The van der Waals surface area contributed by atoms with Gasteiger partial charge in [-0.1, -0.05) is 134 Å². The third-order valence-corrected chi connectivity index (χ3v) is 7.17. The summed E-state index contributed by atoms with van der Waals surface area (Å²) in [6.45, 7) is 39.1. The van der Waals surface area contributed by atoms with Gasteiger partial charge < -0.3 is 4.74 Å². The smallest absolute Gasteiger partial charge is 0.164 e. The normalized spacial score (nSPS) is 15.2. The van der Waals surface area contributed by atoms with E-state index in [4.69, 9.17) is 16.3 Å². The maximum absolute atomic E-state index is 12.6. The Balaban J connectivity index is -0.000000666. The van der Waals surface area contributed by atoms with E-state index in [-0.39, 0.29) is 11.7 Å². The lowest BCUT2D eigenvalue weighted by Gasteiger charge is -2.16. The van der Waals surface area contributed by atoms with E-state index in [1.807, 2.05) is 91.8 Å². The number of halogens is 1. The second-order valence-corrected chi connectivity index (χ2v) is 11.8. The first-order valence-electron chi connectivity index (χ1n) is 17.5. The van der Waals surface area contributed by atoms with Crippen molar-refractivity contribution in [2.45, 2.75) is 129 Å². The van der Waals surface area contributed by atoms with Crippen molar-refractivity contribution in [1.82, 2.24) is 0 Å². The molecule has 0 saturated heterocycles. The topological polar surface area (TPSA) is 26.3 Å². The highest BCUT2D eigenvalue weighted by molar-refractivity contribution is 6.35. The molecule has 0 amide bonds. The van der Waals surface area contributed by atoms with Gasteiger partial charge in [-0.05, 0) is 101 Å². The average Bonchev–Trinajstić information content (AvgIpc) is 3.12. The zero-order valence-electron chi connectivity index (χ0n) is 32.0. The first-order chi connectivity index (χ1) is 21.8. The molecule has 2 nitrogen and oxygen atoms in total. The Morgan fingerprint density at radius 2 is 1.57 bits per heavy atom. The molecule has 0 aliphatic heterocycles. The lowest BCUT2D eigenvalue weighted by atomic mass is 9.93. The number of hydrogen-bond donors (Lipinski definition) is 0. The first kappa shape index (κ1) is 47.6. The van der Waals surface area contributed by atoms with Crippen molar-refractivity contribution in [1.29, 1.82) is 0 Å². The summed E-state index contributed by atoms with van der Waals surface area (Å²) in [7, 11) is 0. The van der Waals surface area contributed by atoms with E-state index in [2.05, 4.69) is 66.5 Å². The molecule has 3 heteroatoms. The van der Waals surface area contributed by atoms with E-state index in [9.17, 15) is 4.79 Å². The Morgan fingerprint density at radius 1 is 1.02 bits per heavy atom. The van der Waals surface area contributed by atoms with Crippen LogP contribution in [0.4, 0.5) is 0 Å². The summed E-state index contributed by atoms with van der Waals surface area (Å²) >= 11 is 6.34. The minimum atomic E-state index is 0.138. The fourth-order valence-electron chi connectivity index (χ4n) is 4.44. The monoisotopic (exact) mass is 652 g/mol. The largest absolute Gasteiger partial charge is 0.494 e. The van der Waals surface area contributed by atoms with Gasteiger partial charge in [0.05, 0.1) is 6.61 Å². The minimum Gasteiger partial charge on any atom is -0.494 e. The molecule has 1 aromatic rings. The summed E-state index contributed by atoms with van der Waals surface area (Å²) in [5, 5.41) is 0.630. The predicted molar refractivity (Wildman–Crippen MR) is 211 cm³/mol. The van der Waals surface area contributed by atoms with Crippen molar-refractivity contribution >= 4 is 23.0 Å². The van der Waals surface area contributed by atoms with E-state index in [1.54, 1.807) is 0 Å². The zero-order valence-corrected chi connectivity index (χ0v) is 32.8. The molecule has 1 aliphatic carbocycles. The van der Waals surface area contributed by atoms with Crippen LogP contribution in [0, 0.1) is 18.8 Å². The van der Waals surface area contributed by atoms with Crippen molar-refractivity contribution in [2.75, 3.05) is 6.61 Å². The van der Waals surface area contributed by atoms with Crippen LogP contribution < -0.4 is 0 Å². The van der Waals surface area contributed by atoms with Gasteiger partial charge in [0.2, 0.25) is 0 Å². The van der Waals surface area contributed by atoms with E-state index in [1.165, 1.54) is 36.8 Å². The number of carbonyl (C=O) groups excluding carboxylic acids is 1. The molecule has 0 spiro atoms. The van der Waals surface area contributed by atoms with Crippen LogP contribution in [0.25, 0.3) is 5.57 Å². The zero-order chi connectivity index (χ0) is 36.2. The third-order valence-electron chi connectivity index (χ3n) is 6.86. The summed E-state index contributed by atoms with van der Waals surface area (Å²) in [6.07, 6.45) is 16.5. The predicted octanol–water partition coefficient (Wildman–Crippen LogP) is 14.4.